The van der Waals surface area contributed by atoms with Crippen molar-refractivity contribution >= 4 is 11.4 Å². The molecule has 0 radical (unpaired) electrons. The van der Waals surface area contributed by atoms with Gasteiger partial charge in [-0.1, -0.05) is 31.2 Å². The van der Waals surface area contributed by atoms with E-state index >= 15 is 0 Å². The highest BCUT2D eigenvalue weighted by atomic mass is 14.9. The monoisotopic (exact) mass is 226 g/mol. The van der Waals surface area contributed by atoms with Crippen LogP contribution in [-0.2, 0) is 13.0 Å². The molecule has 0 aliphatic carbocycles. The number of nitrogens with one attached hydrogen (secondary N) is 1. The molecule has 0 aromatic heterocycles. The van der Waals surface area contributed by atoms with Crippen LogP contribution >= 0.6 is 0 Å². The van der Waals surface area contributed by atoms with E-state index < -0.39 is 0 Å². The number of hydrogen-bond donors (Lipinski definition) is 2. The van der Waals surface area contributed by atoms with Gasteiger partial charge in [-0.3, -0.25) is 0 Å². The third-order valence-electron chi connectivity index (χ3n) is 2.84. The van der Waals surface area contributed by atoms with Crippen LogP contribution in [0.1, 0.15) is 18.1 Å². The van der Waals surface area contributed by atoms with Crippen molar-refractivity contribution in [3.8, 4) is 0 Å². The zero-order valence-electron chi connectivity index (χ0n) is 10.1. The maximum absolute atomic E-state index is 5.64. The lowest BCUT2D eigenvalue weighted by Gasteiger charge is -2.07. The Kier molecular flexibility index (Phi) is 3.66. The molecule has 2 nitrogen and oxygen atoms in total. The third-order valence-corrected chi connectivity index (χ3v) is 2.84. The van der Waals surface area contributed by atoms with Gasteiger partial charge in [0, 0.05) is 17.9 Å². The minimum Gasteiger partial charge on any atom is -0.399 e. The topological polar surface area (TPSA) is 38.0 Å². The molecule has 0 amide bonds. The van der Waals surface area contributed by atoms with Crippen molar-refractivity contribution in [1.29, 1.82) is 0 Å². The van der Waals surface area contributed by atoms with Crippen molar-refractivity contribution in [1.82, 2.24) is 0 Å². The number of nitrogen functional groups attached to an aromatic ring is 1. The molecule has 0 heterocycles. The van der Waals surface area contributed by atoms with Crippen molar-refractivity contribution in [2.45, 2.75) is 19.9 Å². The summed E-state index contributed by atoms with van der Waals surface area (Å²) in [4.78, 5) is 0. The van der Waals surface area contributed by atoms with Crippen LogP contribution in [0.15, 0.2) is 48.5 Å². The van der Waals surface area contributed by atoms with Gasteiger partial charge < -0.3 is 11.1 Å². The van der Waals surface area contributed by atoms with Crippen LogP contribution in [0.4, 0.5) is 11.4 Å². The molecule has 0 bridgehead atoms. The molecular weight excluding hydrogens is 208 g/mol. The van der Waals surface area contributed by atoms with Crippen LogP contribution in [0.5, 0.6) is 0 Å². The number of hydrogen-bond acceptors (Lipinski definition) is 2. The Bertz CT molecular complexity index is 457. The fraction of sp³-hybridized carbons (Fsp3) is 0.200. The fourth-order valence-electron chi connectivity index (χ4n) is 1.70. The Balaban J connectivity index is 1.95. The Morgan fingerprint density at radius 1 is 0.882 bits per heavy atom. The van der Waals surface area contributed by atoms with E-state index in [0.29, 0.717) is 0 Å². The normalized spacial score (nSPS) is 10.2. The van der Waals surface area contributed by atoms with Crippen LogP contribution in [-0.4, -0.2) is 0 Å². The maximum Gasteiger partial charge on any atom is 0.0400 e. The summed E-state index contributed by atoms with van der Waals surface area (Å²) in [5, 5.41) is 3.37. The van der Waals surface area contributed by atoms with E-state index in [2.05, 4.69) is 36.5 Å². The number of aryl methyl sites for hydroxylation is 1. The number of benzene rings is 2. The summed E-state index contributed by atoms with van der Waals surface area (Å²) in [5.41, 5.74) is 10.2. The minimum atomic E-state index is 0.794. The van der Waals surface area contributed by atoms with E-state index in [4.69, 9.17) is 5.73 Å². The number of anilines is 2. The van der Waals surface area contributed by atoms with Gasteiger partial charge >= 0.3 is 0 Å². The molecule has 88 valence electrons. The predicted octanol–water partition coefficient (Wildman–Crippen LogP) is 3.44. The molecule has 0 spiro atoms. The summed E-state index contributed by atoms with van der Waals surface area (Å²) < 4.78 is 0. The SMILES string of the molecule is CCc1ccc(CNc2ccc(N)cc2)cc1. The van der Waals surface area contributed by atoms with Crippen molar-refractivity contribution in [2.24, 2.45) is 0 Å². The van der Waals surface area contributed by atoms with Gasteiger partial charge in [0.1, 0.15) is 0 Å². The molecule has 0 atom stereocenters. The molecule has 3 N–H and O–H groups in total. The lowest BCUT2D eigenvalue weighted by molar-refractivity contribution is 1.11. The lowest BCUT2D eigenvalue weighted by atomic mass is 10.1. The highest BCUT2D eigenvalue weighted by Crippen LogP contribution is 2.12. The van der Waals surface area contributed by atoms with Crippen molar-refractivity contribution in [3.63, 3.8) is 0 Å². The van der Waals surface area contributed by atoms with Gasteiger partial charge in [-0.05, 0) is 41.8 Å². The van der Waals surface area contributed by atoms with Crippen LogP contribution in [0, 0.1) is 0 Å². The predicted molar refractivity (Wildman–Crippen MR) is 74.0 cm³/mol. The Morgan fingerprint density at radius 2 is 1.47 bits per heavy atom. The zero-order chi connectivity index (χ0) is 12.1. The highest BCUT2D eigenvalue weighted by Gasteiger charge is 1.94. The summed E-state index contributed by atoms with van der Waals surface area (Å²) in [7, 11) is 0. The van der Waals surface area contributed by atoms with E-state index in [9.17, 15) is 0 Å². The standard InChI is InChI=1S/C15H18N2/c1-2-12-3-5-13(6-4-12)11-17-15-9-7-14(16)8-10-15/h3-10,17H,2,11,16H2,1H3. The molecule has 0 fully saturated rings. The molecule has 0 saturated heterocycles. The van der Waals surface area contributed by atoms with Crippen molar-refractivity contribution in [3.05, 3.63) is 59.7 Å². The summed E-state index contributed by atoms with van der Waals surface area (Å²) in [6.45, 7) is 3.01. The first-order chi connectivity index (χ1) is 8.28. The Labute approximate surface area is 102 Å². The Morgan fingerprint density at radius 3 is 2.06 bits per heavy atom. The van der Waals surface area contributed by atoms with Crippen LogP contribution < -0.4 is 11.1 Å². The van der Waals surface area contributed by atoms with Gasteiger partial charge in [-0.25, -0.2) is 0 Å². The van der Waals surface area contributed by atoms with E-state index in [1.807, 2.05) is 24.3 Å². The molecule has 0 saturated carbocycles. The number of rotatable bonds is 4. The first-order valence-electron chi connectivity index (χ1n) is 5.95. The van der Waals surface area contributed by atoms with Crippen molar-refractivity contribution < 1.29 is 0 Å². The maximum atomic E-state index is 5.64. The largest absolute Gasteiger partial charge is 0.399 e. The second-order valence-corrected chi connectivity index (χ2v) is 4.15. The molecule has 2 rings (SSSR count). The molecule has 0 aliphatic heterocycles. The average Bonchev–Trinajstić information content (AvgIpc) is 2.39. The summed E-state index contributed by atoms with van der Waals surface area (Å²) in [5.74, 6) is 0. The van der Waals surface area contributed by atoms with E-state index in [-0.39, 0.29) is 0 Å². The number of nitrogens with two attached hydrogens (primary N) is 1. The van der Waals surface area contributed by atoms with Gasteiger partial charge in [0.25, 0.3) is 0 Å². The second-order valence-electron chi connectivity index (χ2n) is 4.15. The second kappa shape index (κ2) is 5.39. The van der Waals surface area contributed by atoms with Crippen LogP contribution in [0.3, 0.4) is 0 Å². The van der Waals surface area contributed by atoms with Crippen molar-refractivity contribution in [2.75, 3.05) is 11.1 Å². The third kappa shape index (κ3) is 3.25. The van der Waals surface area contributed by atoms with Gasteiger partial charge in [-0.2, -0.15) is 0 Å². The Hall–Kier alpha value is -1.96. The summed E-state index contributed by atoms with van der Waals surface area (Å²) >= 11 is 0. The van der Waals surface area contributed by atoms with E-state index in [1.54, 1.807) is 0 Å². The van der Waals surface area contributed by atoms with Gasteiger partial charge in [0.2, 0.25) is 0 Å². The fourth-order valence-corrected chi connectivity index (χ4v) is 1.70. The molecule has 0 unspecified atom stereocenters. The smallest absolute Gasteiger partial charge is 0.0400 e. The quantitative estimate of drug-likeness (QED) is 0.784. The first kappa shape index (κ1) is 11.5. The average molecular weight is 226 g/mol. The lowest BCUT2D eigenvalue weighted by Crippen LogP contribution is -1.99. The van der Waals surface area contributed by atoms with Crippen LogP contribution in [0.25, 0.3) is 0 Å². The van der Waals surface area contributed by atoms with Gasteiger partial charge in [0.05, 0.1) is 0 Å². The molecule has 2 heteroatoms. The molecule has 17 heavy (non-hydrogen) atoms. The summed E-state index contributed by atoms with van der Waals surface area (Å²) in [6, 6.07) is 16.5. The molecular formula is C15H18N2. The van der Waals surface area contributed by atoms with E-state index in [1.165, 1.54) is 11.1 Å². The van der Waals surface area contributed by atoms with Gasteiger partial charge in [-0.15, -0.1) is 0 Å². The van der Waals surface area contributed by atoms with Gasteiger partial charge in [0.15, 0.2) is 0 Å². The summed E-state index contributed by atoms with van der Waals surface area (Å²) in [6.07, 6.45) is 1.09. The van der Waals surface area contributed by atoms with Crippen LogP contribution in [0.2, 0.25) is 0 Å². The molecule has 0 aliphatic rings. The highest BCUT2D eigenvalue weighted by molar-refractivity contribution is 5.51. The molecule has 2 aromatic rings. The first-order valence-corrected chi connectivity index (χ1v) is 5.95. The molecule has 2 aromatic carbocycles. The minimum absolute atomic E-state index is 0.794. The van der Waals surface area contributed by atoms with E-state index in [0.717, 1.165) is 24.3 Å². The zero-order valence-corrected chi connectivity index (χ0v) is 10.1.